The maximum Gasteiger partial charge on any atom is 0.305 e. The van der Waals surface area contributed by atoms with Crippen LogP contribution in [0.4, 0.5) is 0 Å². The van der Waals surface area contributed by atoms with Crippen LogP contribution in [0.2, 0.25) is 0 Å². The zero-order chi connectivity index (χ0) is 17.8. The van der Waals surface area contributed by atoms with Gasteiger partial charge in [-0.15, -0.1) is 0 Å². The summed E-state index contributed by atoms with van der Waals surface area (Å²) in [5.41, 5.74) is 0.805. The van der Waals surface area contributed by atoms with Gasteiger partial charge in [0.2, 0.25) is 0 Å². The molecule has 3 nitrogen and oxygen atoms in total. The van der Waals surface area contributed by atoms with Crippen LogP contribution >= 0.6 is 0 Å². The first-order valence-electron chi connectivity index (χ1n) is 9.87. The van der Waals surface area contributed by atoms with Gasteiger partial charge in [-0.1, -0.05) is 34.1 Å². The Kier molecular flexibility index (Phi) is 4.35. The smallest absolute Gasteiger partial charge is 0.305 e. The molecule has 24 heavy (non-hydrogen) atoms. The van der Waals surface area contributed by atoms with E-state index >= 15 is 0 Å². The van der Waals surface area contributed by atoms with Gasteiger partial charge in [-0.05, 0) is 62.7 Å². The summed E-state index contributed by atoms with van der Waals surface area (Å²) < 4.78 is 11.4. The highest BCUT2D eigenvalue weighted by Gasteiger charge is 2.78. The molecule has 0 amide bonds. The van der Waals surface area contributed by atoms with Gasteiger partial charge in [-0.25, -0.2) is 0 Å². The molecular formula is C21H36O3. The molecule has 0 aromatic rings. The fourth-order valence-corrected chi connectivity index (χ4v) is 6.59. The van der Waals surface area contributed by atoms with Crippen molar-refractivity contribution in [2.75, 3.05) is 7.11 Å². The molecule has 3 rings (SSSR count). The first-order valence-corrected chi connectivity index (χ1v) is 9.87. The van der Waals surface area contributed by atoms with Crippen LogP contribution in [0.3, 0.4) is 0 Å². The fraction of sp³-hybridized carbons (Fsp3) is 0.952. The van der Waals surface area contributed by atoms with E-state index in [-0.39, 0.29) is 22.6 Å². The van der Waals surface area contributed by atoms with E-state index in [1.54, 1.807) is 0 Å². The van der Waals surface area contributed by atoms with Crippen molar-refractivity contribution in [1.29, 1.82) is 0 Å². The topological polar surface area (TPSA) is 38.8 Å². The second-order valence-corrected chi connectivity index (χ2v) is 9.93. The highest BCUT2D eigenvalue weighted by Crippen LogP contribution is 2.74. The molecule has 3 heteroatoms. The minimum Gasteiger partial charge on any atom is -0.469 e. The van der Waals surface area contributed by atoms with Crippen molar-refractivity contribution in [3.05, 3.63) is 0 Å². The SMILES string of the molecule is COC(=O)CC(C)CC[C@@]12O[C@]1(C)CC[C@H]1C(C)(C)CCC[C@@]12C. The number of rotatable bonds is 5. The van der Waals surface area contributed by atoms with Crippen LogP contribution in [0.15, 0.2) is 0 Å². The number of methoxy groups -OCH3 is 1. The highest BCUT2D eigenvalue weighted by atomic mass is 16.6. The van der Waals surface area contributed by atoms with Crippen LogP contribution in [-0.2, 0) is 14.3 Å². The maximum absolute atomic E-state index is 11.5. The first-order chi connectivity index (χ1) is 11.1. The number of carbonyl (C=O) groups excluding carboxylic acids is 1. The molecule has 0 aromatic heterocycles. The van der Waals surface area contributed by atoms with Crippen molar-refractivity contribution in [3.63, 3.8) is 0 Å². The normalized spacial score (nSPS) is 44.2. The predicted molar refractivity (Wildman–Crippen MR) is 95.7 cm³/mol. The van der Waals surface area contributed by atoms with E-state index in [4.69, 9.17) is 9.47 Å². The average molecular weight is 337 g/mol. The van der Waals surface area contributed by atoms with E-state index in [9.17, 15) is 4.79 Å². The van der Waals surface area contributed by atoms with Gasteiger partial charge in [0, 0.05) is 11.8 Å². The Morgan fingerprint density at radius 1 is 1.21 bits per heavy atom. The molecule has 1 heterocycles. The number of ether oxygens (including phenoxy) is 2. The lowest BCUT2D eigenvalue weighted by molar-refractivity contribution is -0.141. The summed E-state index contributed by atoms with van der Waals surface area (Å²) in [6.07, 6.45) is 9.12. The van der Waals surface area contributed by atoms with Crippen LogP contribution in [0.1, 0.15) is 86.0 Å². The van der Waals surface area contributed by atoms with E-state index in [0.29, 0.717) is 17.8 Å². The Balaban J connectivity index is 1.77. The molecule has 1 unspecified atom stereocenters. The van der Waals surface area contributed by atoms with E-state index in [1.165, 1.54) is 39.2 Å². The van der Waals surface area contributed by atoms with Gasteiger partial charge in [0.1, 0.15) is 5.60 Å². The Morgan fingerprint density at radius 2 is 1.92 bits per heavy atom. The van der Waals surface area contributed by atoms with Gasteiger partial charge < -0.3 is 9.47 Å². The molecule has 1 aliphatic heterocycles. The Bertz CT molecular complexity index is 513. The van der Waals surface area contributed by atoms with Crippen molar-refractivity contribution in [2.24, 2.45) is 22.7 Å². The third-order valence-electron chi connectivity index (χ3n) is 8.01. The van der Waals surface area contributed by atoms with E-state index in [2.05, 4.69) is 34.6 Å². The average Bonchev–Trinajstić information content (AvgIpc) is 3.12. The van der Waals surface area contributed by atoms with Crippen LogP contribution in [0.25, 0.3) is 0 Å². The second kappa shape index (κ2) is 5.72. The van der Waals surface area contributed by atoms with Crippen molar-refractivity contribution in [2.45, 2.75) is 97.2 Å². The Hall–Kier alpha value is -0.570. The number of carbonyl (C=O) groups is 1. The zero-order valence-corrected chi connectivity index (χ0v) is 16.5. The van der Waals surface area contributed by atoms with Gasteiger partial charge in [-0.3, -0.25) is 4.79 Å². The quantitative estimate of drug-likeness (QED) is 0.516. The number of epoxide rings is 1. The molecule has 3 fully saturated rings. The summed E-state index contributed by atoms with van der Waals surface area (Å²) in [5, 5.41) is 0. The lowest BCUT2D eigenvalue weighted by Gasteiger charge is -2.57. The Labute approximate surface area is 147 Å². The molecule has 2 aliphatic carbocycles. The number of fused-ring (bicyclic) bond motifs is 3. The molecule has 0 N–H and O–H groups in total. The zero-order valence-electron chi connectivity index (χ0n) is 16.5. The van der Waals surface area contributed by atoms with Crippen molar-refractivity contribution in [1.82, 2.24) is 0 Å². The third-order valence-corrected chi connectivity index (χ3v) is 8.01. The minimum atomic E-state index is -0.0917. The summed E-state index contributed by atoms with van der Waals surface area (Å²) >= 11 is 0. The van der Waals surface area contributed by atoms with Gasteiger partial charge in [0.05, 0.1) is 12.7 Å². The number of esters is 1. The lowest BCUT2D eigenvalue weighted by atomic mass is 9.46. The molecular weight excluding hydrogens is 300 g/mol. The third kappa shape index (κ3) is 2.53. The van der Waals surface area contributed by atoms with E-state index in [1.807, 2.05) is 0 Å². The molecule has 0 radical (unpaired) electrons. The number of hydrogen-bond acceptors (Lipinski definition) is 3. The standard InChI is InChI=1S/C21H36O3/c1-15(14-17(22)23-6)8-13-21-19(4)11-7-10-18(2,3)16(19)9-12-20(21,5)24-21/h15-16H,7-14H2,1-6H3/t15?,16-,19-,20+,21-/m0/s1. The number of hydrogen-bond donors (Lipinski definition) is 0. The van der Waals surface area contributed by atoms with E-state index < -0.39 is 0 Å². The van der Waals surface area contributed by atoms with Crippen molar-refractivity contribution < 1.29 is 14.3 Å². The summed E-state index contributed by atoms with van der Waals surface area (Å²) in [5.74, 6) is 1.03. The Morgan fingerprint density at radius 3 is 2.58 bits per heavy atom. The van der Waals surface area contributed by atoms with Crippen LogP contribution in [0, 0.1) is 22.7 Å². The van der Waals surface area contributed by atoms with E-state index in [0.717, 1.165) is 18.8 Å². The van der Waals surface area contributed by atoms with Crippen LogP contribution < -0.4 is 0 Å². The van der Waals surface area contributed by atoms with Gasteiger partial charge in [0.15, 0.2) is 0 Å². The van der Waals surface area contributed by atoms with Gasteiger partial charge >= 0.3 is 5.97 Å². The lowest BCUT2D eigenvalue weighted by Crippen LogP contribution is -2.56. The second-order valence-electron chi connectivity index (χ2n) is 9.93. The van der Waals surface area contributed by atoms with Gasteiger partial charge in [-0.2, -0.15) is 0 Å². The van der Waals surface area contributed by atoms with Crippen LogP contribution in [0.5, 0.6) is 0 Å². The molecule has 0 spiro atoms. The molecule has 3 aliphatic rings. The van der Waals surface area contributed by atoms with Crippen LogP contribution in [-0.4, -0.2) is 24.3 Å². The largest absolute Gasteiger partial charge is 0.469 e. The molecule has 2 saturated carbocycles. The summed E-state index contributed by atoms with van der Waals surface area (Å²) in [7, 11) is 1.48. The van der Waals surface area contributed by atoms with Gasteiger partial charge in [0.25, 0.3) is 0 Å². The van der Waals surface area contributed by atoms with Crippen molar-refractivity contribution >= 4 is 5.97 Å². The molecule has 0 bridgehead atoms. The first kappa shape index (κ1) is 18.2. The minimum absolute atomic E-state index is 0.0327. The summed E-state index contributed by atoms with van der Waals surface area (Å²) in [6, 6.07) is 0. The summed E-state index contributed by atoms with van der Waals surface area (Å²) in [6.45, 7) is 11.9. The highest BCUT2D eigenvalue weighted by molar-refractivity contribution is 5.69. The predicted octanol–water partition coefficient (Wildman–Crippen LogP) is 5.12. The molecule has 1 saturated heterocycles. The molecule has 138 valence electrons. The maximum atomic E-state index is 11.5. The molecule has 5 atom stereocenters. The monoisotopic (exact) mass is 336 g/mol. The molecule has 0 aromatic carbocycles. The van der Waals surface area contributed by atoms with Crippen molar-refractivity contribution in [3.8, 4) is 0 Å². The fourth-order valence-electron chi connectivity index (χ4n) is 6.59. The summed E-state index contributed by atoms with van der Waals surface area (Å²) in [4.78, 5) is 11.5.